The smallest absolute Gasteiger partial charge is 0.126 e. The molecule has 6 aromatic rings. The minimum Gasteiger partial charge on any atom is -0.489 e. The maximum absolute atomic E-state index is 7.15. The monoisotopic (exact) mass is 738 g/mol. The first-order valence-corrected chi connectivity index (χ1v) is 19.9. The second kappa shape index (κ2) is 19.2. The van der Waals surface area contributed by atoms with Crippen LogP contribution >= 0.6 is 11.3 Å². The molecule has 0 N–H and O–H groups in total. The molecule has 0 aliphatic carbocycles. The van der Waals surface area contributed by atoms with Crippen molar-refractivity contribution in [2.24, 2.45) is 0 Å². The van der Waals surface area contributed by atoms with Gasteiger partial charge in [0.15, 0.2) is 0 Å². The zero-order chi connectivity index (χ0) is 37.0. The average molecular weight is 739 g/mol. The third-order valence-corrected chi connectivity index (χ3v) is 11.2. The Morgan fingerprint density at radius 1 is 0.630 bits per heavy atom. The second-order valence-electron chi connectivity index (χ2n) is 14.0. The maximum atomic E-state index is 7.15. The van der Waals surface area contributed by atoms with E-state index < -0.39 is 12.2 Å². The van der Waals surface area contributed by atoms with Gasteiger partial charge in [-0.3, -0.25) is 0 Å². The highest BCUT2D eigenvalue weighted by molar-refractivity contribution is 7.12. The van der Waals surface area contributed by atoms with E-state index in [1.54, 1.807) is 0 Å². The van der Waals surface area contributed by atoms with Crippen molar-refractivity contribution in [3.8, 4) is 5.75 Å². The van der Waals surface area contributed by atoms with E-state index in [9.17, 15) is 0 Å². The summed E-state index contributed by atoms with van der Waals surface area (Å²) in [6, 6.07) is 50.3. The first-order chi connectivity index (χ1) is 26.6. The van der Waals surface area contributed by atoms with E-state index in [-0.39, 0.29) is 12.2 Å². The van der Waals surface area contributed by atoms with Crippen LogP contribution in [0.3, 0.4) is 0 Å². The average Bonchev–Trinajstić information content (AvgIpc) is 3.68. The summed E-state index contributed by atoms with van der Waals surface area (Å²) >= 11 is 1.88. The standard InChI is InChI=1S/C48H50O5S/c1-3-42-24-25-43(54-42)27-40-28-44(45(26-35(40)2)50-31-37-18-10-5-11-19-37)47-48(52-33-39-22-14-7-15-23-39)46(51-32-38-20-12-6-13-21-38)29-41(53-47)34-49-30-36-16-8-4-9-17-36/h4-26,28,41,46-48H,3,27,29-34H2,1-2H3/t41-,46-,47-,48+/m0/s1. The molecule has 5 nitrogen and oxygen atoms in total. The summed E-state index contributed by atoms with van der Waals surface area (Å²) in [6.45, 7) is 6.67. The Morgan fingerprint density at radius 2 is 1.19 bits per heavy atom. The summed E-state index contributed by atoms with van der Waals surface area (Å²) in [4.78, 5) is 2.74. The molecule has 54 heavy (non-hydrogen) atoms. The van der Waals surface area contributed by atoms with Crippen LogP contribution in [-0.4, -0.2) is 24.9 Å². The van der Waals surface area contributed by atoms with Crippen molar-refractivity contribution in [1.29, 1.82) is 0 Å². The van der Waals surface area contributed by atoms with Gasteiger partial charge < -0.3 is 23.7 Å². The van der Waals surface area contributed by atoms with Crippen LogP contribution in [0.4, 0.5) is 0 Å². The summed E-state index contributed by atoms with van der Waals surface area (Å²) in [5.74, 6) is 0.798. The Labute approximate surface area is 324 Å². The normalized spacial score (nSPS) is 18.4. The van der Waals surface area contributed by atoms with Crippen LogP contribution in [0.5, 0.6) is 5.75 Å². The van der Waals surface area contributed by atoms with Gasteiger partial charge in [0.25, 0.3) is 0 Å². The molecular formula is C48H50O5S. The van der Waals surface area contributed by atoms with Gasteiger partial charge in [0.1, 0.15) is 24.6 Å². The molecule has 1 aliphatic rings. The highest BCUT2D eigenvalue weighted by Crippen LogP contribution is 2.42. The van der Waals surface area contributed by atoms with Crippen molar-refractivity contribution >= 4 is 11.3 Å². The predicted octanol–water partition coefficient (Wildman–Crippen LogP) is 11.0. The number of thiophene rings is 1. The van der Waals surface area contributed by atoms with Crippen LogP contribution in [0, 0.1) is 6.92 Å². The first-order valence-electron chi connectivity index (χ1n) is 19.1. The fourth-order valence-electron chi connectivity index (χ4n) is 6.98. The number of ether oxygens (including phenoxy) is 5. The molecule has 6 heteroatoms. The molecular weight excluding hydrogens is 689 g/mol. The van der Waals surface area contributed by atoms with Gasteiger partial charge in [-0.25, -0.2) is 0 Å². The van der Waals surface area contributed by atoms with Crippen LogP contribution in [0.25, 0.3) is 0 Å². The van der Waals surface area contributed by atoms with Gasteiger partial charge in [0.05, 0.1) is 38.6 Å². The Morgan fingerprint density at radius 3 is 1.78 bits per heavy atom. The maximum Gasteiger partial charge on any atom is 0.126 e. The molecule has 0 amide bonds. The third-order valence-electron chi connectivity index (χ3n) is 9.95. The van der Waals surface area contributed by atoms with Crippen molar-refractivity contribution in [3.05, 3.63) is 194 Å². The summed E-state index contributed by atoms with van der Waals surface area (Å²) in [7, 11) is 0. The Bertz CT molecular complexity index is 2000. The van der Waals surface area contributed by atoms with Crippen LogP contribution in [-0.2, 0) is 58.2 Å². The molecule has 0 saturated carbocycles. The van der Waals surface area contributed by atoms with Crippen molar-refractivity contribution in [1.82, 2.24) is 0 Å². The lowest BCUT2D eigenvalue weighted by Gasteiger charge is -2.42. The first kappa shape index (κ1) is 37.7. The molecule has 0 bridgehead atoms. The van der Waals surface area contributed by atoms with E-state index in [0.29, 0.717) is 39.5 Å². The SMILES string of the molecule is CCc1ccc(Cc2cc([C@@H]3O[C@H](COCc4ccccc4)C[C@H](OCc4ccccc4)[C@H]3OCc3ccccc3)c(OCc3ccccc3)cc2C)s1. The number of hydrogen-bond acceptors (Lipinski definition) is 6. The molecule has 2 heterocycles. The van der Waals surface area contributed by atoms with Gasteiger partial charge in [-0.2, -0.15) is 0 Å². The summed E-state index contributed by atoms with van der Waals surface area (Å²) < 4.78 is 34.0. The number of benzene rings is 5. The van der Waals surface area contributed by atoms with Gasteiger partial charge in [0, 0.05) is 28.2 Å². The Hall–Kier alpha value is -4.56. The fraction of sp³-hybridized carbons (Fsp3) is 0.292. The minimum atomic E-state index is -0.478. The van der Waals surface area contributed by atoms with E-state index >= 15 is 0 Å². The Kier molecular flexibility index (Phi) is 13.4. The fourth-order valence-corrected chi connectivity index (χ4v) is 7.96. The minimum absolute atomic E-state index is 0.229. The van der Waals surface area contributed by atoms with E-state index in [4.69, 9.17) is 23.7 Å². The van der Waals surface area contributed by atoms with Crippen molar-refractivity contribution in [2.45, 2.75) is 84.0 Å². The lowest BCUT2D eigenvalue weighted by atomic mass is 9.89. The molecule has 0 spiro atoms. The van der Waals surface area contributed by atoms with Crippen LogP contribution in [0.1, 0.15) is 68.1 Å². The van der Waals surface area contributed by atoms with Gasteiger partial charge in [0.2, 0.25) is 0 Å². The zero-order valence-electron chi connectivity index (χ0n) is 31.3. The van der Waals surface area contributed by atoms with Gasteiger partial charge >= 0.3 is 0 Å². The van der Waals surface area contributed by atoms with Crippen LogP contribution < -0.4 is 4.74 Å². The van der Waals surface area contributed by atoms with E-state index in [1.807, 2.05) is 72.0 Å². The Balaban J connectivity index is 1.25. The van der Waals surface area contributed by atoms with Gasteiger partial charge in [-0.05, 0) is 71.0 Å². The molecule has 1 fully saturated rings. The topological polar surface area (TPSA) is 46.2 Å². The number of hydrogen-bond donors (Lipinski definition) is 0. The highest BCUT2D eigenvalue weighted by atomic mass is 32.1. The van der Waals surface area contributed by atoms with Gasteiger partial charge in [-0.15, -0.1) is 11.3 Å². The molecule has 5 aromatic carbocycles. The van der Waals surface area contributed by atoms with E-state index in [0.717, 1.165) is 46.4 Å². The molecule has 278 valence electrons. The van der Waals surface area contributed by atoms with Gasteiger partial charge in [-0.1, -0.05) is 128 Å². The molecule has 1 saturated heterocycles. The molecule has 1 aliphatic heterocycles. The van der Waals surface area contributed by atoms with E-state index in [2.05, 4.69) is 98.8 Å². The predicted molar refractivity (Wildman–Crippen MR) is 217 cm³/mol. The lowest BCUT2D eigenvalue weighted by molar-refractivity contribution is -0.219. The summed E-state index contributed by atoms with van der Waals surface area (Å²) in [5, 5.41) is 0. The summed E-state index contributed by atoms with van der Waals surface area (Å²) in [6.07, 6.45) is 1.11. The van der Waals surface area contributed by atoms with E-state index in [1.165, 1.54) is 20.9 Å². The number of rotatable bonds is 17. The zero-order valence-corrected chi connectivity index (χ0v) is 32.1. The van der Waals surface area contributed by atoms with Crippen molar-refractivity contribution < 1.29 is 23.7 Å². The summed E-state index contributed by atoms with van der Waals surface area (Å²) in [5.41, 5.74) is 7.85. The lowest BCUT2D eigenvalue weighted by Crippen LogP contribution is -2.47. The molecule has 0 unspecified atom stereocenters. The third kappa shape index (κ3) is 10.3. The highest BCUT2D eigenvalue weighted by Gasteiger charge is 2.43. The second-order valence-corrected chi connectivity index (χ2v) is 15.3. The molecule has 1 aromatic heterocycles. The number of aryl methyl sites for hydroxylation is 2. The van der Waals surface area contributed by atoms with Crippen LogP contribution in [0.15, 0.2) is 146 Å². The largest absolute Gasteiger partial charge is 0.489 e. The molecule has 0 radical (unpaired) electrons. The quantitative estimate of drug-likeness (QED) is 0.0932. The van der Waals surface area contributed by atoms with Crippen molar-refractivity contribution in [2.75, 3.05) is 6.61 Å². The molecule has 7 rings (SSSR count). The van der Waals surface area contributed by atoms with Crippen LogP contribution in [0.2, 0.25) is 0 Å². The van der Waals surface area contributed by atoms with Crippen molar-refractivity contribution in [3.63, 3.8) is 0 Å². The molecule has 4 atom stereocenters.